The highest BCUT2D eigenvalue weighted by molar-refractivity contribution is 5.92. The van der Waals surface area contributed by atoms with E-state index in [1.807, 2.05) is 23.1 Å². The molecule has 26 heavy (non-hydrogen) atoms. The van der Waals surface area contributed by atoms with Crippen LogP contribution in [0.15, 0.2) is 35.0 Å². The molecule has 1 amide bonds. The summed E-state index contributed by atoms with van der Waals surface area (Å²) in [6.07, 6.45) is 5.00. The van der Waals surface area contributed by atoms with Crippen LogP contribution < -0.4 is 4.74 Å². The Morgan fingerprint density at radius 2 is 2.27 bits per heavy atom. The molecule has 7 heteroatoms. The number of aryl methyl sites for hydroxylation is 1. The van der Waals surface area contributed by atoms with Gasteiger partial charge in [-0.05, 0) is 32.3 Å². The Balaban J connectivity index is 1.53. The number of pyridine rings is 1. The van der Waals surface area contributed by atoms with Gasteiger partial charge in [0.25, 0.3) is 5.91 Å². The fourth-order valence-corrected chi connectivity index (χ4v) is 4.21. The van der Waals surface area contributed by atoms with E-state index in [2.05, 4.69) is 10.1 Å². The summed E-state index contributed by atoms with van der Waals surface area (Å²) in [7, 11) is 1.74. The van der Waals surface area contributed by atoms with Crippen LogP contribution in [-0.4, -0.2) is 52.3 Å². The van der Waals surface area contributed by atoms with Crippen LogP contribution in [0.5, 0.6) is 5.88 Å². The standard InChI is InChI=1S/C19H23N3O4/c1-13-11-15(21-26-13)18(23)22-10-8-19(24-2)7-6-14(12-16(19)22)25-17-5-3-4-9-20-17/h3-5,9,11,14,16H,6-8,10,12H2,1-2H3/t14?,16?,19-/m1/s1. The maximum Gasteiger partial charge on any atom is 0.276 e. The second kappa shape index (κ2) is 6.72. The number of amides is 1. The minimum atomic E-state index is -0.307. The maximum absolute atomic E-state index is 12.9. The van der Waals surface area contributed by atoms with E-state index in [1.165, 1.54) is 0 Å². The first kappa shape index (κ1) is 17.0. The molecule has 1 saturated carbocycles. The summed E-state index contributed by atoms with van der Waals surface area (Å²) >= 11 is 0. The van der Waals surface area contributed by atoms with Crippen molar-refractivity contribution in [2.24, 2.45) is 0 Å². The van der Waals surface area contributed by atoms with Crippen LogP contribution >= 0.6 is 0 Å². The van der Waals surface area contributed by atoms with E-state index in [1.54, 1.807) is 26.3 Å². The van der Waals surface area contributed by atoms with Gasteiger partial charge < -0.3 is 18.9 Å². The van der Waals surface area contributed by atoms with Crippen molar-refractivity contribution in [3.8, 4) is 5.88 Å². The van der Waals surface area contributed by atoms with Gasteiger partial charge in [-0.25, -0.2) is 4.98 Å². The highest BCUT2D eigenvalue weighted by Crippen LogP contribution is 2.43. The van der Waals surface area contributed by atoms with Crippen LogP contribution in [0.2, 0.25) is 0 Å². The Hall–Kier alpha value is -2.41. The molecule has 1 aliphatic heterocycles. The zero-order valence-corrected chi connectivity index (χ0v) is 15.1. The maximum atomic E-state index is 12.9. The van der Waals surface area contributed by atoms with Crippen molar-refractivity contribution in [3.63, 3.8) is 0 Å². The topological polar surface area (TPSA) is 77.7 Å². The molecule has 0 N–H and O–H groups in total. The molecule has 3 atom stereocenters. The molecule has 0 spiro atoms. The highest BCUT2D eigenvalue weighted by Gasteiger charge is 2.53. The Labute approximate surface area is 152 Å². The summed E-state index contributed by atoms with van der Waals surface area (Å²) in [6, 6.07) is 7.26. The number of carbonyl (C=O) groups is 1. The van der Waals surface area contributed by atoms with E-state index in [0.717, 1.165) is 19.3 Å². The van der Waals surface area contributed by atoms with Crippen molar-refractivity contribution in [2.75, 3.05) is 13.7 Å². The van der Waals surface area contributed by atoms with Crippen molar-refractivity contribution < 1.29 is 18.8 Å². The van der Waals surface area contributed by atoms with E-state index in [-0.39, 0.29) is 23.7 Å². The number of ether oxygens (including phenoxy) is 2. The lowest BCUT2D eigenvalue weighted by Gasteiger charge is -2.43. The van der Waals surface area contributed by atoms with Gasteiger partial charge in [0.15, 0.2) is 5.69 Å². The molecular formula is C19H23N3O4. The van der Waals surface area contributed by atoms with Crippen LogP contribution in [0.4, 0.5) is 0 Å². The second-order valence-corrected chi connectivity index (χ2v) is 7.04. The van der Waals surface area contributed by atoms with Crippen molar-refractivity contribution in [1.82, 2.24) is 15.0 Å². The molecule has 4 rings (SSSR count). The third-order valence-corrected chi connectivity index (χ3v) is 5.57. The molecule has 1 aliphatic carbocycles. The molecule has 2 fully saturated rings. The Bertz CT molecular complexity index is 778. The third kappa shape index (κ3) is 2.96. The van der Waals surface area contributed by atoms with Crippen LogP contribution in [0.3, 0.4) is 0 Å². The Morgan fingerprint density at radius 3 is 2.96 bits per heavy atom. The molecule has 2 aromatic rings. The molecule has 1 saturated heterocycles. The summed E-state index contributed by atoms with van der Waals surface area (Å²) in [5.74, 6) is 1.14. The predicted molar refractivity (Wildman–Crippen MR) is 92.9 cm³/mol. The number of carbonyl (C=O) groups excluding carboxylic acids is 1. The fraction of sp³-hybridized carbons (Fsp3) is 0.526. The predicted octanol–water partition coefficient (Wildman–Crippen LogP) is 2.61. The molecule has 3 heterocycles. The quantitative estimate of drug-likeness (QED) is 0.837. The molecule has 0 aromatic carbocycles. The van der Waals surface area contributed by atoms with Gasteiger partial charge in [0, 0.05) is 38.4 Å². The molecule has 2 aliphatic rings. The van der Waals surface area contributed by atoms with E-state index in [4.69, 9.17) is 14.0 Å². The van der Waals surface area contributed by atoms with E-state index in [9.17, 15) is 4.79 Å². The summed E-state index contributed by atoms with van der Waals surface area (Å²) < 4.78 is 17.0. The third-order valence-electron chi connectivity index (χ3n) is 5.57. The highest BCUT2D eigenvalue weighted by atomic mass is 16.5. The number of methoxy groups -OCH3 is 1. The monoisotopic (exact) mass is 357 g/mol. The number of likely N-dealkylation sites (tertiary alicyclic amines) is 1. The van der Waals surface area contributed by atoms with Crippen LogP contribution in [0.25, 0.3) is 0 Å². The molecule has 7 nitrogen and oxygen atoms in total. The number of nitrogens with zero attached hydrogens (tertiary/aromatic N) is 3. The van der Waals surface area contributed by atoms with Crippen molar-refractivity contribution in [3.05, 3.63) is 41.9 Å². The summed E-state index contributed by atoms with van der Waals surface area (Å²) in [5, 5.41) is 3.88. The zero-order valence-electron chi connectivity index (χ0n) is 15.1. The SMILES string of the molecule is CO[C@@]12CCC(Oc3ccccn3)CC1N(C(=O)c1cc(C)on1)CC2. The average Bonchev–Trinajstić information content (AvgIpc) is 3.26. The lowest BCUT2D eigenvalue weighted by molar-refractivity contribution is -0.0789. The molecule has 2 unspecified atom stereocenters. The van der Waals surface area contributed by atoms with Gasteiger partial charge in [0.2, 0.25) is 5.88 Å². The number of hydrogen-bond donors (Lipinski definition) is 0. The van der Waals surface area contributed by atoms with E-state index < -0.39 is 0 Å². The fourth-order valence-electron chi connectivity index (χ4n) is 4.21. The molecular weight excluding hydrogens is 334 g/mol. The number of rotatable bonds is 4. The van der Waals surface area contributed by atoms with Gasteiger partial charge in [-0.3, -0.25) is 4.79 Å². The molecule has 0 bridgehead atoms. The smallest absolute Gasteiger partial charge is 0.276 e. The first-order chi connectivity index (χ1) is 12.6. The minimum absolute atomic E-state index is 0.00520. The Morgan fingerprint density at radius 1 is 1.38 bits per heavy atom. The number of hydrogen-bond acceptors (Lipinski definition) is 6. The average molecular weight is 357 g/mol. The van der Waals surface area contributed by atoms with Crippen molar-refractivity contribution >= 4 is 5.91 Å². The van der Waals surface area contributed by atoms with Crippen molar-refractivity contribution in [1.29, 1.82) is 0 Å². The lowest BCUT2D eigenvalue weighted by Crippen LogP contribution is -2.53. The van der Waals surface area contributed by atoms with Crippen LogP contribution in [0, 0.1) is 6.92 Å². The number of aromatic nitrogens is 2. The minimum Gasteiger partial charge on any atom is -0.474 e. The van der Waals surface area contributed by atoms with Gasteiger partial charge in [0.1, 0.15) is 11.9 Å². The first-order valence-corrected chi connectivity index (χ1v) is 8.98. The lowest BCUT2D eigenvalue weighted by atomic mass is 9.79. The van der Waals surface area contributed by atoms with Crippen LogP contribution in [-0.2, 0) is 4.74 Å². The Kier molecular flexibility index (Phi) is 4.40. The van der Waals surface area contributed by atoms with E-state index >= 15 is 0 Å². The largest absolute Gasteiger partial charge is 0.474 e. The van der Waals surface area contributed by atoms with Crippen molar-refractivity contribution in [2.45, 2.75) is 50.4 Å². The van der Waals surface area contributed by atoms with Gasteiger partial charge in [-0.1, -0.05) is 11.2 Å². The molecule has 2 aromatic heterocycles. The normalized spacial score (nSPS) is 28.0. The molecule has 0 radical (unpaired) electrons. The summed E-state index contributed by atoms with van der Waals surface area (Å²) in [6.45, 7) is 2.43. The van der Waals surface area contributed by atoms with Gasteiger partial charge in [-0.15, -0.1) is 0 Å². The second-order valence-electron chi connectivity index (χ2n) is 7.04. The van der Waals surface area contributed by atoms with Crippen LogP contribution in [0.1, 0.15) is 41.9 Å². The number of fused-ring (bicyclic) bond motifs is 1. The molecule has 138 valence electrons. The van der Waals surface area contributed by atoms with E-state index in [0.29, 0.717) is 30.3 Å². The first-order valence-electron chi connectivity index (χ1n) is 8.98. The summed E-state index contributed by atoms with van der Waals surface area (Å²) in [5.41, 5.74) is 0.0421. The van der Waals surface area contributed by atoms with Gasteiger partial charge in [0.05, 0.1) is 11.6 Å². The summed E-state index contributed by atoms with van der Waals surface area (Å²) in [4.78, 5) is 19.0. The van der Waals surface area contributed by atoms with Gasteiger partial charge in [-0.2, -0.15) is 0 Å². The zero-order chi connectivity index (χ0) is 18.1. The van der Waals surface area contributed by atoms with Gasteiger partial charge >= 0.3 is 0 Å².